The summed E-state index contributed by atoms with van der Waals surface area (Å²) in [5, 5.41) is 9.36. The zero-order valence-electron chi connectivity index (χ0n) is 24.2. The molecule has 0 saturated carbocycles. The van der Waals surface area contributed by atoms with Crippen LogP contribution in [0.4, 0.5) is 0 Å². The van der Waals surface area contributed by atoms with Crippen molar-refractivity contribution in [2.45, 2.75) is 120 Å². The lowest BCUT2D eigenvalue weighted by atomic mass is 9.69. The first-order valence-corrected chi connectivity index (χ1v) is 12.8. The van der Waals surface area contributed by atoms with Gasteiger partial charge in [0.25, 0.3) is 0 Å². The third-order valence-electron chi connectivity index (χ3n) is 6.31. The number of phenolic OH excluding ortho intramolecular Hbond substituents is 1. The molecule has 1 N–H and O–H groups in total. The number of hydrogen-bond donors (Lipinski definition) is 1. The molecule has 7 nitrogen and oxygen atoms in total. The fraction of sp³-hybridized carbons (Fsp3) is 0.742. The van der Waals surface area contributed by atoms with Gasteiger partial charge in [-0.2, -0.15) is 0 Å². The van der Waals surface area contributed by atoms with E-state index in [2.05, 4.69) is 13.8 Å². The van der Waals surface area contributed by atoms with Crippen molar-refractivity contribution in [3.05, 3.63) is 23.8 Å². The van der Waals surface area contributed by atoms with Gasteiger partial charge < -0.3 is 24.1 Å². The van der Waals surface area contributed by atoms with Gasteiger partial charge >= 0.3 is 11.9 Å². The number of carbonyl (C=O) groups is 2. The average molecular weight is 541 g/mol. The smallest absolute Gasteiger partial charge is 0.314 e. The highest BCUT2D eigenvalue weighted by Gasteiger charge is 2.53. The number of rotatable bonds is 6. The fourth-order valence-corrected chi connectivity index (χ4v) is 3.98. The van der Waals surface area contributed by atoms with Gasteiger partial charge in [-0.15, -0.1) is 0 Å². The lowest BCUT2D eigenvalue weighted by molar-refractivity contribution is -0.195. The first-order chi connectivity index (χ1) is 16.4. The summed E-state index contributed by atoms with van der Waals surface area (Å²) in [7, 11) is 1.56. The van der Waals surface area contributed by atoms with Crippen LogP contribution in [0.15, 0.2) is 18.2 Å². The van der Waals surface area contributed by atoms with Gasteiger partial charge in [0.1, 0.15) is 11.2 Å². The standard InChI is InChI=1S/C18H32O5.C11H16O2.2CH4/c1-9-18(14(20)23-16(5,6)7)10-17(8,11-21-12-18)13(19)22-15(2,3)4;1-4-8(2)9-5-6-10(12)11(7-9)13-3;;/h9-12H2,1-8H3;5-8,12H,4H2,1-3H3;2*1H4. The summed E-state index contributed by atoms with van der Waals surface area (Å²) < 4.78 is 21.8. The van der Waals surface area contributed by atoms with E-state index in [0.29, 0.717) is 24.5 Å². The van der Waals surface area contributed by atoms with Crippen molar-refractivity contribution >= 4 is 11.9 Å². The quantitative estimate of drug-likeness (QED) is 0.370. The van der Waals surface area contributed by atoms with E-state index in [4.69, 9.17) is 18.9 Å². The molecule has 222 valence electrons. The first-order valence-electron chi connectivity index (χ1n) is 12.8. The molecule has 7 heteroatoms. The Morgan fingerprint density at radius 3 is 1.97 bits per heavy atom. The lowest BCUT2D eigenvalue weighted by Crippen LogP contribution is -2.52. The van der Waals surface area contributed by atoms with Crippen molar-refractivity contribution in [1.29, 1.82) is 0 Å². The van der Waals surface area contributed by atoms with E-state index in [0.717, 1.165) is 6.42 Å². The topological polar surface area (TPSA) is 91.3 Å². The van der Waals surface area contributed by atoms with Gasteiger partial charge in [-0.05, 0) is 91.3 Å². The number of carbonyl (C=O) groups excluding carboxylic acids is 2. The van der Waals surface area contributed by atoms with Gasteiger partial charge in [0.05, 0.1) is 31.2 Å². The van der Waals surface area contributed by atoms with Crippen LogP contribution in [0.25, 0.3) is 0 Å². The minimum atomic E-state index is -0.849. The molecule has 0 amide bonds. The SMILES string of the molecule is C.C.CCC(C)c1ccc(O)c(OC)c1.CCC1(C(=O)OC(C)(C)C)COCC(C)(C(=O)OC(C)(C)C)C1. The number of hydrogen-bond acceptors (Lipinski definition) is 7. The van der Waals surface area contributed by atoms with E-state index >= 15 is 0 Å². The van der Waals surface area contributed by atoms with Crippen molar-refractivity contribution in [2.24, 2.45) is 10.8 Å². The first kappa shape index (κ1) is 37.9. The molecule has 1 aromatic rings. The maximum absolute atomic E-state index is 12.7. The molecule has 1 saturated heterocycles. The number of esters is 2. The summed E-state index contributed by atoms with van der Waals surface area (Å²) in [6.45, 7) is 19.6. The summed E-state index contributed by atoms with van der Waals surface area (Å²) in [6, 6.07) is 5.51. The second-order valence-electron chi connectivity index (χ2n) is 12.1. The predicted octanol–water partition coefficient (Wildman–Crippen LogP) is 7.68. The van der Waals surface area contributed by atoms with Gasteiger partial charge in [0, 0.05) is 0 Å². The van der Waals surface area contributed by atoms with Crippen molar-refractivity contribution in [2.75, 3.05) is 20.3 Å². The van der Waals surface area contributed by atoms with Crippen LogP contribution in [0.3, 0.4) is 0 Å². The Kier molecular flexibility index (Phi) is 14.7. The van der Waals surface area contributed by atoms with Gasteiger partial charge in [-0.1, -0.05) is 41.7 Å². The van der Waals surface area contributed by atoms with Gasteiger partial charge in [0.2, 0.25) is 0 Å². The number of ether oxygens (including phenoxy) is 4. The summed E-state index contributed by atoms with van der Waals surface area (Å²) in [4.78, 5) is 25.3. The zero-order chi connectivity index (χ0) is 27.9. The highest BCUT2D eigenvalue weighted by Crippen LogP contribution is 2.44. The van der Waals surface area contributed by atoms with Crippen LogP contribution in [0, 0.1) is 10.8 Å². The minimum Gasteiger partial charge on any atom is -0.504 e. The van der Waals surface area contributed by atoms with Crippen LogP contribution in [0.5, 0.6) is 11.5 Å². The predicted molar refractivity (Wildman–Crippen MR) is 155 cm³/mol. The molecule has 0 aliphatic carbocycles. The van der Waals surface area contributed by atoms with E-state index in [9.17, 15) is 14.7 Å². The average Bonchev–Trinajstić information content (AvgIpc) is 2.77. The summed E-state index contributed by atoms with van der Waals surface area (Å²) in [5.41, 5.74) is -1.59. The Morgan fingerprint density at radius 2 is 1.53 bits per heavy atom. The van der Waals surface area contributed by atoms with E-state index in [1.807, 2.05) is 60.6 Å². The molecule has 0 aromatic heterocycles. The van der Waals surface area contributed by atoms with Crippen molar-refractivity contribution in [3.8, 4) is 11.5 Å². The number of benzene rings is 1. The zero-order valence-corrected chi connectivity index (χ0v) is 24.2. The Hall–Kier alpha value is -2.28. The van der Waals surface area contributed by atoms with Crippen LogP contribution < -0.4 is 4.74 Å². The molecule has 1 aliphatic rings. The molecule has 0 bridgehead atoms. The summed E-state index contributed by atoms with van der Waals surface area (Å²) in [5.74, 6) is 0.634. The van der Waals surface area contributed by atoms with Gasteiger partial charge in [-0.3, -0.25) is 9.59 Å². The second kappa shape index (κ2) is 14.8. The highest BCUT2D eigenvalue weighted by atomic mass is 16.6. The molecule has 1 aliphatic heterocycles. The lowest BCUT2D eigenvalue weighted by Gasteiger charge is -2.44. The van der Waals surface area contributed by atoms with Crippen LogP contribution in [-0.2, 0) is 23.8 Å². The van der Waals surface area contributed by atoms with Crippen LogP contribution in [-0.4, -0.2) is 48.6 Å². The highest BCUT2D eigenvalue weighted by molar-refractivity contribution is 5.82. The maximum atomic E-state index is 12.7. The molecule has 1 aromatic carbocycles. The minimum absolute atomic E-state index is 0. The second-order valence-corrected chi connectivity index (χ2v) is 12.1. The molecule has 0 spiro atoms. The third-order valence-corrected chi connectivity index (χ3v) is 6.31. The fourth-order valence-electron chi connectivity index (χ4n) is 3.98. The summed E-state index contributed by atoms with van der Waals surface area (Å²) in [6.07, 6.45) is 2.02. The maximum Gasteiger partial charge on any atom is 0.314 e. The van der Waals surface area contributed by atoms with Crippen LogP contribution in [0.2, 0.25) is 0 Å². The Labute approximate surface area is 232 Å². The molecule has 2 rings (SSSR count). The Bertz CT molecular complexity index is 881. The van der Waals surface area contributed by atoms with Crippen LogP contribution >= 0.6 is 0 Å². The molecular weight excluding hydrogens is 484 g/mol. The van der Waals surface area contributed by atoms with E-state index < -0.39 is 22.0 Å². The molecule has 3 atom stereocenters. The van der Waals surface area contributed by atoms with Crippen molar-refractivity contribution < 1.29 is 33.6 Å². The third kappa shape index (κ3) is 10.8. The molecule has 1 fully saturated rings. The van der Waals surface area contributed by atoms with Crippen molar-refractivity contribution in [1.82, 2.24) is 0 Å². The van der Waals surface area contributed by atoms with Gasteiger partial charge in [0.15, 0.2) is 11.5 Å². The molecule has 1 heterocycles. The largest absolute Gasteiger partial charge is 0.504 e. The van der Waals surface area contributed by atoms with Crippen molar-refractivity contribution in [3.63, 3.8) is 0 Å². The Balaban J connectivity index is 0. The summed E-state index contributed by atoms with van der Waals surface area (Å²) >= 11 is 0. The molecular formula is C31H56O7. The number of aromatic hydroxyl groups is 1. The molecule has 3 unspecified atom stereocenters. The van der Waals surface area contributed by atoms with E-state index in [1.54, 1.807) is 20.1 Å². The van der Waals surface area contributed by atoms with Crippen LogP contribution in [0.1, 0.15) is 115 Å². The monoisotopic (exact) mass is 540 g/mol. The molecule has 0 radical (unpaired) electrons. The number of methoxy groups -OCH3 is 1. The van der Waals surface area contributed by atoms with E-state index in [-0.39, 0.29) is 45.8 Å². The Morgan fingerprint density at radius 1 is 1.00 bits per heavy atom. The molecule has 38 heavy (non-hydrogen) atoms. The van der Waals surface area contributed by atoms with Gasteiger partial charge in [-0.25, -0.2) is 0 Å². The number of phenols is 1. The van der Waals surface area contributed by atoms with E-state index in [1.165, 1.54) is 5.56 Å². The normalized spacial score (nSPS) is 21.9.